The Balaban J connectivity index is 2.32. The van der Waals surface area contributed by atoms with Crippen LogP contribution in [0.1, 0.15) is 45.1 Å². The van der Waals surface area contributed by atoms with Crippen LogP contribution in [0.3, 0.4) is 0 Å². The van der Waals surface area contributed by atoms with Crippen molar-refractivity contribution in [2.45, 2.75) is 52.1 Å². The molecule has 0 saturated heterocycles. The Bertz CT molecular complexity index is 672. The van der Waals surface area contributed by atoms with E-state index < -0.39 is 16.0 Å². The van der Waals surface area contributed by atoms with Crippen molar-refractivity contribution in [2.75, 3.05) is 0 Å². The molecule has 1 aromatic rings. The first-order chi connectivity index (χ1) is 9.45. The second kappa shape index (κ2) is 4.58. The average molecular weight is 314 g/mol. The molecule has 2 N–H and O–H groups in total. The summed E-state index contributed by atoms with van der Waals surface area (Å²) in [4.78, 5) is 11.1. The van der Waals surface area contributed by atoms with E-state index in [1.54, 1.807) is 6.92 Å². The van der Waals surface area contributed by atoms with Gasteiger partial charge < -0.3 is 9.67 Å². The third-order valence-electron chi connectivity index (χ3n) is 5.04. The van der Waals surface area contributed by atoms with Gasteiger partial charge in [-0.15, -0.1) is 0 Å². The van der Waals surface area contributed by atoms with E-state index in [2.05, 4.69) is 4.72 Å². The molecule has 6 nitrogen and oxygen atoms in total. The molecule has 0 unspecified atom stereocenters. The number of nitrogens with one attached hydrogen (secondary N) is 1. The molecule has 1 saturated carbocycles. The predicted molar refractivity (Wildman–Crippen MR) is 78.7 cm³/mol. The SMILES string of the molecule is CCn1cc(S(=O)(=O)NC2C(C)(C)C2(C)C)cc1C(=O)O. The molecule has 0 spiro atoms. The van der Waals surface area contributed by atoms with Gasteiger partial charge in [0.1, 0.15) is 10.6 Å². The molecular weight excluding hydrogens is 292 g/mol. The molecule has 1 aliphatic rings. The van der Waals surface area contributed by atoms with E-state index in [-0.39, 0.29) is 27.5 Å². The Morgan fingerprint density at radius 2 is 1.86 bits per heavy atom. The lowest BCUT2D eigenvalue weighted by Gasteiger charge is -2.06. The van der Waals surface area contributed by atoms with Crippen LogP contribution in [0.15, 0.2) is 17.2 Å². The van der Waals surface area contributed by atoms with Crippen LogP contribution in [0.25, 0.3) is 0 Å². The van der Waals surface area contributed by atoms with Gasteiger partial charge in [0.25, 0.3) is 0 Å². The zero-order valence-corrected chi connectivity index (χ0v) is 13.8. The topological polar surface area (TPSA) is 88.4 Å². The first-order valence-corrected chi connectivity index (χ1v) is 8.39. The highest BCUT2D eigenvalue weighted by molar-refractivity contribution is 7.89. The van der Waals surface area contributed by atoms with Gasteiger partial charge in [0.2, 0.25) is 10.0 Å². The van der Waals surface area contributed by atoms with Crippen LogP contribution in [-0.2, 0) is 16.6 Å². The highest BCUT2D eigenvalue weighted by Gasteiger charge is 2.66. The minimum Gasteiger partial charge on any atom is -0.477 e. The molecule has 1 fully saturated rings. The lowest BCUT2D eigenvalue weighted by Crippen LogP contribution is -2.29. The van der Waals surface area contributed by atoms with Crippen molar-refractivity contribution >= 4 is 16.0 Å². The van der Waals surface area contributed by atoms with Gasteiger partial charge in [-0.25, -0.2) is 17.9 Å². The number of hydrogen-bond donors (Lipinski definition) is 2. The highest BCUT2D eigenvalue weighted by Crippen LogP contribution is 2.62. The van der Waals surface area contributed by atoms with Crippen molar-refractivity contribution < 1.29 is 18.3 Å². The number of aromatic carboxylic acids is 1. The Hall–Kier alpha value is -1.34. The average Bonchev–Trinajstić information content (AvgIpc) is 2.75. The molecule has 0 radical (unpaired) electrons. The normalized spacial score (nSPS) is 20.4. The van der Waals surface area contributed by atoms with Crippen LogP contribution < -0.4 is 4.72 Å². The monoisotopic (exact) mass is 314 g/mol. The summed E-state index contributed by atoms with van der Waals surface area (Å²) in [7, 11) is -3.72. The van der Waals surface area contributed by atoms with Crippen molar-refractivity contribution in [1.82, 2.24) is 9.29 Å². The van der Waals surface area contributed by atoms with Crippen LogP contribution in [-0.4, -0.2) is 30.1 Å². The maximum atomic E-state index is 12.4. The summed E-state index contributed by atoms with van der Waals surface area (Å²) in [5.41, 5.74) is -0.265. The quantitative estimate of drug-likeness (QED) is 0.869. The number of sulfonamides is 1. The van der Waals surface area contributed by atoms with E-state index in [9.17, 15) is 13.2 Å². The summed E-state index contributed by atoms with van der Waals surface area (Å²) in [6.45, 7) is 10.2. The largest absolute Gasteiger partial charge is 0.477 e. The maximum absolute atomic E-state index is 12.4. The van der Waals surface area contributed by atoms with Crippen molar-refractivity contribution in [2.24, 2.45) is 10.8 Å². The first-order valence-electron chi connectivity index (χ1n) is 6.91. The Morgan fingerprint density at radius 1 is 1.33 bits per heavy atom. The van der Waals surface area contributed by atoms with E-state index in [1.165, 1.54) is 16.8 Å². The van der Waals surface area contributed by atoms with Crippen LogP contribution in [0, 0.1) is 10.8 Å². The molecule has 7 heteroatoms. The molecule has 2 rings (SSSR count). The predicted octanol–water partition coefficient (Wildman–Crippen LogP) is 1.92. The van der Waals surface area contributed by atoms with Gasteiger partial charge in [0.05, 0.1) is 0 Å². The zero-order valence-electron chi connectivity index (χ0n) is 13.0. The lowest BCUT2D eigenvalue weighted by molar-refractivity contribution is 0.0685. The number of nitrogens with zero attached hydrogens (tertiary/aromatic N) is 1. The highest BCUT2D eigenvalue weighted by atomic mass is 32.2. The van der Waals surface area contributed by atoms with Crippen LogP contribution in [0.2, 0.25) is 0 Å². The number of rotatable bonds is 5. The smallest absolute Gasteiger partial charge is 0.352 e. The van der Waals surface area contributed by atoms with Crippen LogP contribution in [0.4, 0.5) is 0 Å². The summed E-state index contributed by atoms with van der Waals surface area (Å²) < 4.78 is 29.0. The van der Waals surface area contributed by atoms with Crippen molar-refractivity contribution in [3.63, 3.8) is 0 Å². The number of hydrogen-bond acceptors (Lipinski definition) is 3. The molecule has 21 heavy (non-hydrogen) atoms. The molecule has 118 valence electrons. The Labute approximate surface area is 125 Å². The summed E-state index contributed by atoms with van der Waals surface area (Å²) in [6, 6.07) is 1.05. The van der Waals surface area contributed by atoms with Gasteiger partial charge in [0.15, 0.2) is 0 Å². The second-order valence-corrected chi connectivity index (χ2v) is 8.36. The van der Waals surface area contributed by atoms with E-state index in [1.807, 2.05) is 27.7 Å². The molecule has 1 aliphatic carbocycles. The van der Waals surface area contributed by atoms with E-state index in [4.69, 9.17) is 5.11 Å². The van der Waals surface area contributed by atoms with Gasteiger partial charge in [-0.05, 0) is 23.8 Å². The molecule has 1 aromatic heterocycles. The molecule has 0 atom stereocenters. The van der Waals surface area contributed by atoms with Crippen LogP contribution in [0.5, 0.6) is 0 Å². The number of carboxylic acid groups (broad SMARTS) is 1. The van der Waals surface area contributed by atoms with Gasteiger partial charge in [-0.3, -0.25) is 0 Å². The maximum Gasteiger partial charge on any atom is 0.352 e. The summed E-state index contributed by atoms with van der Waals surface area (Å²) in [5.74, 6) is -1.13. The fourth-order valence-corrected chi connectivity index (χ4v) is 4.35. The third kappa shape index (κ3) is 2.38. The molecular formula is C14H22N2O4S. The van der Waals surface area contributed by atoms with Crippen molar-refractivity contribution in [3.05, 3.63) is 18.0 Å². The Kier molecular flexibility index (Phi) is 3.50. The van der Waals surface area contributed by atoms with E-state index >= 15 is 0 Å². The van der Waals surface area contributed by atoms with Crippen molar-refractivity contribution in [1.29, 1.82) is 0 Å². The second-order valence-electron chi connectivity index (χ2n) is 6.65. The van der Waals surface area contributed by atoms with E-state index in [0.717, 1.165) is 0 Å². The Morgan fingerprint density at radius 3 is 2.19 bits per heavy atom. The summed E-state index contributed by atoms with van der Waals surface area (Å²) >= 11 is 0. The molecule has 0 amide bonds. The molecule has 0 aromatic carbocycles. The number of carboxylic acids is 1. The third-order valence-corrected chi connectivity index (χ3v) is 6.43. The number of aryl methyl sites for hydroxylation is 1. The molecule has 1 heterocycles. The minimum absolute atomic E-state index is 0.000231. The lowest BCUT2D eigenvalue weighted by atomic mass is 10.0. The fourth-order valence-electron chi connectivity index (χ4n) is 2.79. The standard InChI is InChI=1S/C14H22N2O4S/c1-6-16-8-9(7-10(16)11(17)18)21(19,20)15-12-13(2,3)14(12,4)5/h7-8,12,15H,6H2,1-5H3,(H,17,18). The van der Waals surface area contributed by atoms with Crippen molar-refractivity contribution in [3.8, 4) is 0 Å². The summed E-state index contributed by atoms with van der Waals surface area (Å²) in [5, 5.41) is 9.10. The van der Waals surface area contributed by atoms with Gasteiger partial charge in [-0.1, -0.05) is 27.7 Å². The molecule has 0 bridgehead atoms. The number of carbonyl (C=O) groups is 1. The molecule has 0 aliphatic heterocycles. The van der Waals surface area contributed by atoms with Gasteiger partial charge in [0, 0.05) is 18.8 Å². The van der Waals surface area contributed by atoms with Gasteiger partial charge >= 0.3 is 5.97 Å². The minimum atomic E-state index is -3.72. The fraction of sp³-hybridized carbons (Fsp3) is 0.643. The zero-order chi connectivity index (χ0) is 16.2. The van der Waals surface area contributed by atoms with Gasteiger partial charge in [-0.2, -0.15) is 0 Å². The first kappa shape index (κ1) is 16.0. The summed E-state index contributed by atoms with van der Waals surface area (Å²) in [6.07, 6.45) is 1.37. The number of aromatic nitrogens is 1. The van der Waals surface area contributed by atoms with E-state index in [0.29, 0.717) is 6.54 Å². The van der Waals surface area contributed by atoms with Crippen LogP contribution >= 0.6 is 0 Å².